The zero-order chi connectivity index (χ0) is 23.1. The Kier molecular flexibility index (Phi) is 6.04. The summed E-state index contributed by atoms with van der Waals surface area (Å²) in [7, 11) is -4.06. The molecule has 0 saturated carbocycles. The highest BCUT2D eigenvalue weighted by atomic mass is 32.2. The van der Waals surface area contributed by atoms with Crippen molar-refractivity contribution in [1.29, 1.82) is 0 Å². The van der Waals surface area contributed by atoms with Crippen molar-refractivity contribution in [3.63, 3.8) is 0 Å². The molecule has 0 bridgehead atoms. The molecule has 32 heavy (non-hydrogen) atoms. The molecule has 1 saturated heterocycles. The van der Waals surface area contributed by atoms with Crippen LogP contribution in [0.15, 0.2) is 53.4 Å². The van der Waals surface area contributed by atoms with Crippen molar-refractivity contribution in [3.05, 3.63) is 59.7 Å². The summed E-state index contributed by atoms with van der Waals surface area (Å²) in [5.41, 5.74) is 1.04. The van der Waals surface area contributed by atoms with Crippen LogP contribution in [0.25, 0.3) is 0 Å². The van der Waals surface area contributed by atoms with Gasteiger partial charge in [0.25, 0.3) is 0 Å². The fraction of sp³-hybridized carbons (Fsp3) is 0.409. The molecule has 2 aromatic rings. The number of piperazine rings is 1. The van der Waals surface area contributed by atoms with Gasteiger partial charge in [-0.15, -0.1) is 0 Å². The minimum Gasteiger partial charge on any atom is -0.310 e. The number of carbonyl (C=O) groups excluding carboxylic acids is 1. The summed E-state index contributed by atoms with van der Waals surface area (Å²) in [5, 5.41) is 0. The SMILES string of the molecule is C[C@H](C(=O)N1CCc2ccccc21)N1CCN(S(=O)(=O)c2cccc(C(F)(F)F)c2)CC1. The fourth-order valence-electron chi connectivity index (χ4n) is 4.26. The quantitative estimate of drug-likeness (QED) is 0.694. The van der Waals surface area contributed by atoms with Gasteiger partial charge in [0.1, 0.15) is 0 Å². The van der Waals surface area contributed by atoms with E-state index < -0.39 is 27.8 Å². The molecule has 0 radical (unpaired) electrons. The van der Waals surface area contributed by atoms with Crippen LogP contribution in [-0.2, 0) is 27.4 Å². The van der Waals surface area contributed by atoms with Crippen LogP contribution in [0, 0.1) is 0 Å². The smallest absolute Gasteiger partial charge is 0.310 e. The van der Waals surface area contributed by atoms with Crippen LogP contribution in [0.4, 0.5) is 18.9 Å². The van der Waals surface area contributed by atoms with Gasteiger partial charge in [-0.05, 0) is 43.2 Å². The average molecular weight is 468 g/mol. The summed E-state index contributed by atoms with van der Waals surface area (Å²) >= 11 is 0. The summed E-state index contributed by atoms with van der Waals surface area (Å²) in [5.74, 6) is -0.0378. The average Bonchev–Trinajstić information content (AvgIpc) is 3.22. The van der Waals surface area contributed by atoms with Crippen molar-refractivity contribution < 1.29 is 26.4 Å². The first-order chi connectivity index (χ1) is 15.1. The molecule has 0 unspecified atom stereocenters. The highest BCUT2D eigenvalue weighted by Crippen LogP contribution is 2.32. The lowest BCUT2D eigenvalue weighted by Gasteiger charge is -2.38. The molecular formula is C22H24F3N3O3S. The fourth-order valence-corrected chi connectivity index (χ4v) is 5.73. The van der Waals surface area contributed by atoms with Gasteiger partial charge >= 0.3 is 6.18 Å². The lowest BCUT2D eigenvalue weighted by molar-refractivity contribution is -0.137. The molecule has 1 amide bonds. The standard InChI is InChI=1S/C22H24F3N3O3S/c1-16(21(29)28-10-9-17-5-2-3-8-20(17)28)26-11-13-27(14-12-26)32(30,31)19-7-4-6-18(15-19)22(23,24)25/h2-8,15-16H,9-14H2,1H3/t16-/m1/s1. The Bertz CT molecular complexity index is 1110. The highest BCUT2D eigenvalue weighted by molar-refractivity contribution is 7.89. The van der Waals surface area contributed by atoms with E-state index >= 15 is 0 Å². The molecule has 10 heteroatoms. The number of amides is 1. The first-order valence-corrected chi connectivity index (χ1v) is 11.8. The Balaban J connectivity index is 1.42. The largest absolute Gasteiger partial charge is 0.416 e. The number of nitrogens with zero attached hydrogens (tertiary/aromatic N) is 3. The Labute approximate surface area is 185 Å². The van der Waals surface area contributed by atoms with Crippen LogP contribution in [0.5, 0.6) is 0 Å². The predicted molar refractivity (Wildman–Crippen MR) is 114 cm³/mol. The van der Waals surface area contributed by atoms with E-state index in [0.717, 1.165) is 29.8 Å². The van der Waals surface area contributed by atoms with Crippen LogP contribution < -0.4 is 4.90 Å². The topological polar surface area (TPSA) is 60.9 Å². The maximum absolute atomic E-state index is 13.1. The van der Waals surface area contributed by atoms with Crippen molar-refractivity contribution in [3.8, 4) is 0 Å². The predicted octanol–water partition coefficient (Wildman–Crippen LogP) is 2.99. The van der Waals surface area contributed by atoms with E-state index in [1.54, 1.807) is 11.8 Å². The second-order valence-corrected chi connectivity index (χ2v) is 9.95. The third-order valence-electron chi connectivity index (χ3n) is 6.13. The lowest BCUT2D eigenvalue weighted by atomic mass is 10.1. The molecule has 0 N–H and O–H groups in total. The molecule has 0 aromatic heterocycles. The highest BCUT2D eigenvalue weighted by Gasteiger charge is 2.36. The third-order valence-corrected chi connectivity index (χ3v) is 8.03. The van der Waals surface area contributed by atoms with Crippen LogP contribution >= 0.6 is 0 Å². The lowest BCUT2D eigenvalue weighted by Crippen LogP contribution is -2.55. The number of halogens is 3. The first-order valence-electron chi connectivity index (χ1n) is 10.4. The number of benzene rings is 2. The molecule has 4 rings (SSSR count). The van der Waals surface area contributed by atoms with E-state index in [-0.39, 0.29) is 23.9 Å². The zero-order valence-electron chi connectivity index (χ0n) is 17.5. The molecule has 1 fully saturated rings. The summed E-state index contributed by atoms with van der Waals surface area (Å²) in [6, 6.07) is 11.1. The molecule has 0 aliphatic carbocycles. The van der Waals surface area contributed by atoms with E-state index in [1.807, 2.05) is 29.2 Å². The van der Waals surface area contributed by atoms with E-state index in [2.05, 4.69) is 0 Å². The molecule has 1 atom stereocenters. The molecular weight excluding hydrogens is 443 g/mol. The molecule has 0 spiro atoms. The maximum atomic E-state index is 13.1. The minimum atomic E-state index is -4.62. The Morgan fingerprint density at radius 1 is 0.969 bits per heavy atom. The number of alkyl halides is 3. The third kappa shape index (κ3) is 4.26. The van der Waals surface area contributed by atoms with Gasteiger partial charge in [0, 0.05) is 38.4 Å². The maximum Gasteiger partial charge on any atom is 0.416 e. The summed E-state index contributed by atoms with van der Waals surface area (Å²) in [4.78, 5) is 16.4. The van der Waals surface area contributed by atoms with Gasteiger partial charge in [0.2, 0.25) is 15.9 Å². The second-order valence-electron chi connectivity index (χ2n) is 8.01. The van der Waals surface area contributed by atoms with E-state index in [4.69, 9.17) is 0 Å². The molecule has 2 heterocycles. The Morgan fingerprint density at radius 3 is 2.34 bits per heavy atom. The first kappa shape index (κ1) is 22.8. The number of carbonyl (C=O) groups is 1. The van der Waals surface area contributed by atoms with Crippen LogP contribution in [-0.4, -0.2) is 62.3 Å². The van der Waals surface area contributed by atoms with Gasteiger partial charge in [-0.1, -0.05) is 24.3 Å². The van der Waals surface area contributed by atoms with E-state index in [0.29, 0.717) is 25.7 Å². The van der Waals surface area contributed by atoms with Crippen molar-refractivity contribution in [1.82, 2.24) is 9.21 Å². The Morgan fingerprint density at radius 2 is 1.66 bits per heavy atom. The van der Waals surface area contributed by atoms with Gasteiger partial charge in [0.05, 0.1) is 16.5 Å². The number of sulfonamides is 1. The van der Waals surface area contributed by atoms with Crippen molar-refractivity contribution >= 4 is 21.6 Å². The van der Waals surface area contributed by atoms with Crippen molar-refractivity contribution in [2.75, 3.05) is 37.6 Å². The zero-order valence-corrected chi connectivity index (χ0v) is 18.4. The molecule has 2 aliphatic rings. The second kappa shape index (κ2) is 8.49. The molecule has 172 valence electrons. The molecule has 6 nitrogen and oxygen atoms in total. The van der Waals surface area contributed by atoms with Crippen LogP contribution in [0.3, 0.4) is 0 Å². The monoisotopic (exact) mass is 467 g/mol. The normalized spacial score (nSPS) is 19.1. The van der Waals surface area contributed by atoms with E-state index in [9.17, 15) is 26.4 Å². The number of anilines is 1. The van der Waals surface area contributed by atoms with Crippen LogP contribution in [0.1, 0.15) is 18.1 Å². The van der Waals surface area contributed by atoms with E-state index in [1.165, 1.54) is 10.4 Å². The minimum absolute atomic E-state index is 0.0378. The number of fused-ring (bicyclic) bond motifs is 1. The van der Waals surface area contributed by atoms with Crippen molar-refractivity contribution in [2.24, 2.45) is 0 Å². The number of para-hydroxylation sites is 1. The molecule has 2 aromatic carbocycles. The number of hydrogen-bond acceptors (Lipinski definition) is 4. The molecule has 2 aliphatic heterocycles. The number of rotatable bonds is 4. The van der Waals surface area contributed by atoms with Gasteiger partial charge < -0.3 is 4.90 Å². The van der Waals surface area contributed by atoms with Crippen molar-refractivity contribution in [2.45, 2.75) is 30.5 Å². The van der Waals surface area contributed by atoms with Crippen LogP contribution in [0.2, 0.25) is 0 Å². The number of hydrogen-bond donors (Lipinski definition) is 0. The van der Waals surface area contributed by atoms with Gasteiger partial charge in [0.15, 0.2) is 0 Å². The summed E-state index contributed by atoms with van der Waals surface area (Å²) in [6.45, 7) is 3.27. The Hall–Kier alpha value is -2.43. The van der Waals surface area contributed by atoms with Gasteiger partial charge in [-0.2, -0.15) is 17.5 Å². The summed E-state index contributed by atoms with van der Waals surface area (Å²) in [6.07, 6.45) is -3.81. The van der Waals surface area contributed by atoms with Gasteiger partial charge in [-0.3, -0.25) is 9.69 Å². The van der Waals surface area contributed by atoms with Gasteiger partial charge in [-0.25, -0.2) is 8.42 Å². The summed E-state index contributed by atoms with van der Waals surface area (Å²) < 4.78 is 65.9.